The van der Waals surface area contributed by atoms with Gasteiger partial charge in [0.15, 0.2) is 0 Å². The predicted molar refractivity (Wildman–Crippen MR) is 70.2 cm³/mol. The maximum atomic E-state index is 11.2. The molecule has 0 aliphatic heterocycles. The van der Waals surface area contributed by atoms with Gasteiger partial charge < -0.3 is 10.5 Å². The van der Waals surface area contributed by atoms with Crippen LogP contribution in [0, 0.1) is 0 Å². The zero-order valence-electron chi connectivity index (χ0n) is 10.7. The lowest BCUT2D eigenvalue weighted by Crippen LogP contribution is -2.36. The number of hydrogen-bond donors (Lipinski definition) is 1. The number of esters is 1. The molecule has 5 heteroatoms. The quantitative estimate of drug-likeness (QED) is 0.394. The Morgan fingerprint density at radius 1 is 1.12 bits per heavy atom. The monoisotopic (exact) mass is 265 g/mol. The zero-order chi connectivity index (χ0) is 12.4. The molecule has 0 bridgehead atoms. The van der Waals surface area contributed by atoms with Gasteiger partial charge in [-0.2, -0.15) is 0 Å². The lowest BCUT2D eigenvalue weighted by molar-refractivity contribution is -0.154. The van der Waals surface area contributed by atoms with Crippen LogP contribution in [0.25, 0.3) is 0 Å². The fourth-order valence-electron chi connectivity index (χ4n) is 1.28. The number of nitrogens with two attached hydrogens (primary N) is 1. The summed E-state index contributed by atoms with van der Waals surface area (Å²) in [6, 6.07) is -0.715. The van der Waals surface area contributed by atoms with Gasteiger partial charge in [-0.25, -0.2) is 4.79 Å². The average Bonchev–Trinajstić information content (AvgIpc) is 2.31. The standard InChI is InChI=1S/C12H23NO3.ClH/c1-3-5-6-7-8-9-16-12(15)11(14)10(13)4-2;/h10H,3-9,13H2,1-2H3;1H. The summed E-state index contributed by atoms with van der Waals surface area (Å²) in [7, 11) is 0. The van der Waals surface area contributed by atoms with E-state index in [1.54, 1.807) is 6.92 Å². The number of carbonyl (C=O) groups excluding carboxylic acids is 2. The van der Waals surface area contributed by atoms with Crippen molar-refractivity contribution in [2.45, 2.75) is 58.4 Å². The van der Waals surface area contributed by atoms with Crippen LogP contribution in [-0.2, 0) is 14.3 Å². The number of carbonyl (C=O) groups is 2. The van der Waals surface area contributed by atoms with Gasteiger partial charge in [-0.15, -0.1) is 12.4 Å². The molecule has 0 radical (unpaired) electrons. The van der Waals surface area contributed by atoms with Crippen LogP contribution in [0.4, 0.5) is 0 Å². The first-order valence-electron chi connectivity index (χ1n) is 6.10. The summed E-state index contributed by atoms with van der Waals surface area (Å²) in [4.78, 5) is 22.4. The number of ketones is 1. The molecule has 0 aliphatic carbocycles. The van der Waals surface area contributed by atoms with Crippen LogP contribution < -0.4 is 5.73 Å². The van der Waals surface area contributed by atoms with Crippen molar-refractivity contribution in [2.24, 2.45) is 5.73 Å². The van der Waals surface area contributed by atoms with Crippen molar-refractivity contribution in [3.05, 3.63) is 0 Å². The number of ether oxygens (including phenoxy) is 1. The van der Waals surface area contributed by atoms with Crippen molar-refractivity contribution in [1.29, 1.82) is 0 Å². The minimum Gasteiger partial charge on any atom is -0.460 e. The van der Waals surface area contributed by atoms with Gasteiger partial charge in [0.2, 0.25) is 0 Å². The molecule has 0 saturated heterocycles. The molecule has 0 aromatic carbocycles. The molecule has 2 N–H and O–H groups in total. The van der Waals surface area contributed by atoms with Crippen LogP contribution in [-0.4, -0.2) is 24.4 Å². The SMILES string of the molecule is CCCCCCCOC(=O)C(=O)C(N)CC.Cl. The summed E-state index contributed by atoms with van der Waals surface area (Å²) in [6.45, 7) is 4.23. The first-order chi connectivity index (χ1) is 7.63. The Morgan fingerprint density at radius 3 is 2.24 bits per heavy atom. The second kappa shape index (κ2) is 11.9. The number of unbranched alkanes of at least 4 members (excludes halogenated alkanes) is 4. The highest BCUT2D eigenvalue weighted by Crippen LogP contribution is 2.02. The van der Waals surface area contributed by atoms with Gasteiger partial charge in [-0.05, 0) is 12.8 Å². The average molecular weight is 266 g/mol. The molecule has 0 heterocycles. The topological polar surface area (TPSA) is 69.4 Å². The Labute approximate surface area is 110 Å². The molecular weight excluding hydrogens is 242 g/mol. The maximum absolute atomic E-state index is 11.2. The van der Waals surface area contributed by atoms with Crippen LogP contribution in [0.1, 0.15) is 52.4 Å². The Hall–Kier alpha value is -0.610. The van der Waals surface area contributed by atoms with Crippen molar-refractivity contribution >= 4 is 24.2 Å². The van der Waals surface area contributed by atoms with E-state index in [9.17, 15) is 9.59 Å². The normalized spacial score (nSPS) is 11.5. The minimum absolute atomic E-state index is 0. The van der Waals surface area contributed by atoms with Gasteiger partial charge in [0.1, 0.15) is 0 Å². The molecule has 0 amide bonds. The van der Waals surface area contributed by atoms with Crippen LogP contribution in [0.15, 0.2) is 0 Å². The number of rotatable bonds is 9. The fourth-order valence-corrected chi connectivity index (χ4v) is 1.28. The highest BCUT2D eigenvalue weighted by molar-refractivity contribution is 6.35. The van der Waals surface area contributed by atoms with Gasteiger partial charge in [0.25, 0.3) is 5.78 Å². The van der Waals surface area contributed by atoms with Gasteiger partial charge >= 0.3 is 5.97 Å². The number of Topliss-reactive ketones (excluding diaryl/α,β-unsaturated/α-hetero) is 1. The summed E-state index contributed by atoms with van der Waals surface area (Å²) in [6.07, 6.45) is 5.85. The Bertz CT molecular complexity index is 222. The molecule has 102 valence electrons. The summed E-state index contributed by atoms with van der Waals surface area (Å²) in [5.74, 6) is -1.40. The van der Waals surface area contributed by atoms with Gasteiger partial charge in [0, 0.05) is 0 Å². The molecular formula is C12H24ClNO3. The van der Waals surface area contributed by atoms with Crippen molar-refractivity contribution in [1.82, 2.24) is 0 Å². The largest absolute Gasteiger partial charge is 0.460 e. The molecule has 0 rings (SSSR count). The van der Waals surface area contributed by atoms with E-state index in [0.29, 0.717) is 13.0 Å². The van der Waals surface area contributed by atoms with E-state index in [1.165, 1.54) is 12.8 Å². The minimum atomic E-state index is -0.787. The molecule has 0 aromatic rings. The van der Waals surface area contributed by atoms with E-state index in [0.717, 1.165) is 19.3 Å². The third-order valence-electron chi connectivity index (χ3n) is 2.46. The molecule has 4 nitrogen and oxygen atoms in total. The Kier molecular flexibility index (Phi) is 13.1. The summed E-state index contributed by atoms with van der Waals surface area (Å²) in [5.41, 5.74) is 5.44. The van der Waals surface area contributed by atoms with Gasteiger partial charge in [-0.3, -0.25) is 4.79 Å². The summed E-state index contributed by atoms with van der Waals surface area (Å²) >= 11 is 0. The Morgan fingerprint density at radius 2 is 1.71 bits per heavy atom. The lowest BCUT2D eigenvalue weighted by atomic mass is 10.1. The second-order valence-corrected chi connectivity index (χ2v) is 3.93. The first-order valence-corrected chi connectivity index (χ1v) is 6.10. The van der Waals surface area contributed by atoms with Crippen LogP contribution in [0.2, 0.25) is 0 Å². The molecule has 17 heavy (non-hydrogen) atoms. The van der Waals surface area contributed by atoms with E-state index >= 15 is 0 Å². The second-order valence-electron chi connectivity index (χ2n) is 3.93. The molecule has 0 saturated carbocycles. The number of halogens is 1. The molecule has 0 fully saturated rings. The molecule has 0 aromatic heterocycles. The van der Waals surface area contributed by atoms with Crippen LogP contribution in [0.5, 0.6) is 0 Å². The predicted octanol–water partition coefficient (Wildman–Crippen LogP) is 2.23. The van der Waals surface area contributed by atoms with Crippen LogP contribution >= 0.6 is 12.4 Å². The fraction of sp³-hybridized carbons (Fsp3) is 0.833. The molecule has 1 atom stereocenters. The maximum Gasteiger partial charge on any atom is 0.376 e. The van der Waals surface area contributed by atoms with Crippen molar-refractivity contribution in [3.63, 3.8) is 0 Å². The third kappa shape index (κ3) is 9.12. The highest BCUT2D eigenvalue weighted by atomic mass is 35.5. The van der Waals surface area contributed by atoms with Gasteiger partial charge in [0.05, 0.1) is 12.6 Å². The summed E-state index contributed by atoms with van der Waals surface area (Å²) < 4.78 is 4.84. The zero-order valence-corrected chi connectivity index (χ0v) is 11.6. The van der Waals surface area contributed by atoms with Crippen molar-refractivity contribution < 1.29 is 14.3 Å². The smallest absolute Gasteiger partial charge is 0.376 e. The molecule has 0 spiro atoms. The first kappa shape index (κ1) is 18.7. The van der Waals surface area contributed by atoms with E-state index < -0.39 is 17.8 Å². The van der Waals surface area contributed by atoms with Gasteiger partial charge in [-0.1, -0.05) is 39.5 Å². The summed E-state index contributed by atoms with van der Waals surface area (Å²) in [5, 5.41) is 0. The number of hydrogen-bond acceptors (Lipinski definition) is 4. The molecule has 0 aliphatic rings. The van der Waals surface area contributed by atoms with Crippen molar-refractivity contribution in [2.75, 3.05) is 6.61 Å². The van der Waals surface area contributed by atoms with E-state index in [4.69, 9.17) is 10.5 Å². The molecule has 1 unspecified atom stereocenters. The third-order valence-corrected chi connectivity index (χ3v) is 2.46. The van der Waals surface area contributed by atoms with E-state index in [1.807, 2.05) is 0 Å². The van der Waals surface area contributed by atoms with E-state index in [-0.39, 0.29) is 12.4 Å². The van der Waals surface area contributed by atoms with E-state index in [2.05, 4.69) is 6.92 Å². The lowest BCUT2D eigenvalue weighted by Gasteiger charge is -2.07. The van der Waals surface area contributed by atoms with Crippen molar-refractivity contribution in [3.8, 4) is 0 Å². The van der Waals surface area contributed by atoms with Crippen LogP contribution in [0.3, 0.4) is 0 Å². The highest BCUT2D eigenvalue weighted by Gasteiger charge is 2.21. The Balaban J connectivity index is 0.